The first-order valence-electron chi connectivity index (χ1n) is 11.0. The Labute approximate surface area is 219 Å². The van der Waals surface area contributed by atoms with Crippen LogP contribution in [0.3, 0.4) is 0 Å². The Kier molecular flexibility index (Phi) is 7.98. The number of halogens is 1. The van der Waals surface area contributed by atoms with Crippen molar-refractivity contribution in [1.29, 1.82) is 0 Å². The second-order valence-electron chi connectivity index (χ2n) is 7.83. The monoisotopic (exact) mass is 534 g/mol. The van der Waals surface area contributed by atoms with Crippen LogP contribution in [0.2, 0.25) is 5.02 Å². The molecule has 0 saturated carbocycles. The molecule has 4 rings (SSSR count). The molecule has 0 unspecified atom stereocenters. The lowest BCUT2D eigenvalue weighted by atomic mass is 10.1. The second-order valence-corrected chi connectivity index (χ2v) is 8.26. The number of carbonyl (C=O) groups is 4. The first-order chi connectivity index (χ1) is 18.3. The molecule has 0 aliphatic heterocycles. The number of rotatable bonds is 8. The number of hydrogen-bond acceptors (Lipinski definition) is 8. The molecule has 0 aliphatic carbocycles. The molecule has 1 atom stereocenters. The summed E-state index contributed by atoms with van der Waals surface area (Å²) in [6.45, 7) is 0. The normalized spacial score (nSPS) is 11.3. The van der Waals surface area contributed by atoms with Gasteiger partial charge in [-0.2, -0.15) is 4.68 Å². The quantitative estimate of drug-likeness (QED) is 0.244. The van der Waals surface area contributed by atoms with Gasteiger partial charge in [-0.25, -0.2) is 4.79 Å². The van der Waals surface area contributed by atoms with Gasteiger partial charge in [-0.1, -0.05) is 11.6 Å². The van der Waals surface area contributed by atoms with E-state index in [9.17, 15) is 19.2 Å². The molecule has 13 nitrogen and oxygen atoms in total. The average Bonchev–Trinajstić information content (AvgIpc) is 3.44. The van der Waals surface area contributed by atoms with Gasteiger partial charge in [-0.05, 0) is 70.6 Å². The fourth-order valence-corrected chi connectivity index (χ4v) is 3.54. The zero-order valence-electron chi connectivity index (χ0n) is 19.4. The summed E-state index contributed by atoms with van der Waals surface area (Å²) in [4.78, 5) is 53.7. The highest BCUT2D eigenvalue weighted by atomic mass is 35.5. The van der Waals surface area contributed by atoms with Gasteiger partial charge in [-0.3, -0.25) is 19.4 Å². The summed E-state index contributed by atoms with van der Waals surface area (Å²) in [6, 6.07) is 12.2. The number of pyridine rings is 1. The van der Waals surface area contributed by atoms with Gasteiger partial charge >= 0.3 is 17.8 Å². The van der Waals surface area contributed by atoms with Gasteiger partial charge in [0.2, 0.25) is 5.91 Å². The van der Waals surface area contributed by atoms with Crippen molar-refractivity contribution in [3.05, 3.63) is 89.5 Å². The molecule has 14 heteroatoms. The first kappa shape index (κ1) is 25.9. The van der Waals surface area contributed by atoms with Crippen LogP contribution in [0, 0.1) is 0 Å². The van der Waals surface area contributed by atoms with E-state index in [1.165, 1.54) is 53.7 Å². The van der Waals surface area contributed by atoms with Gasteiger partial charge in [0.25, 0.3) is 0 Å². The maximum atomic E-state index is 13.1. The van der Waals surface area contributed by atoms with Crippen LogP contribution in [0.25, 0.3) is 5.69 Å². The minimum Gasteiger partial charge on any atom is -0.478 e. The van der Waals surface area contributed by atoms with Crippen LogP contribution in [0.15, 0.2) is 73.3 Å². The second kappa shape index (κ2) is 11.7. The third-order valence-corrected chi connectivity index (χ3v) is 5.45. The molecule has 2 heterocycles. The molecule has 0 saturated heterocycles. The van der Waals surface area contributed by atoms with Crippen LogP contribution in [-0.4, -0.2) is 60.0 Å². The van der Waals surface area contributed by atoms with E-state index in [1.807, 2.05) is 0 Å². The summed E-state index contributed by atoms with van der Waals surface area (Å²) >= 11 is 6.06. The minimum atomic E-state index is -1.16. The summed E-state index contributed by atoms with van der Waals surface area (Å²) in [7, 11) is 0. The van der Waals surface area contributed by atoms with Gasteiger partial charge in [-0.15, -0.1) is 5.10 Å². The van der Waals surface area contributed by atoms with Crippen molar-refractivity contribution in [3.8, 4) is 5.69 Å². The minimum absolute atomic E-state index is 0.0448. The molecule has 2 aromatic heterocycles. The number of aromatic carboxylic acids is 1. The number of anilines is 2. The number of aromatic nitrogens is 5. The molecule has 0 spiro atoms. The Balaban J connectivity index is 1.50. The topological polar surface area (TPSA) is 181 Å². The fourth-order valence-electron chi connectivity index (χ4n) is 3.37. The number of benzene rings is 2. The van der Waals surface area contributed by atoms with E-state index in [1.54, 1.807) is 24.3 Å². The van der Waals surface area contributed by atoms with E-state index in [4.69, 9.17) is 16.7 Å². The van der Waals surface area contributed by atoms with E-state index in [0.717, 1.165) is 0 Å². The Bertz CT molecular complexity index is 1460. The number of tetrazole rings is 1. The smallest absolute Gasteiger partial charge is 0.335 e. The largest absolute Gasteiger partial charge is 0.478 e. The van der Waals surface area contributed by atoms with Crippen molar-refractivity contribution in [2.45, 2.75) is 12.5 Å². The average molecular weight is 535 g/mol. The van der Waals surface area contributed by atoms with E-state index < -0.39 is 29.7 Å². The lowest BCUT2D eigenvalue weighted by Gasteiger charge is -2.19. The molecule has 0 fully saturated rings. The summed E-state index contributed by atoms with van der Waals surface area (Å²) in [5.41, 5.74) is 1.56. The maximum absolute atomic E-state index is 13.1. The number of nitrogens with zero attached hydrogens (tertiary/aromatic N) is 5. The van der Waals surface area contributed by atoms with Crippen LogP contribution in [0.5, 0.6) is 0 Å². The highest BCUT2D eigenvalue weighted by Gasteiger charge is 2.26. The number of nitrogens with one attached hydrogen (secondary N) is 3. The van der Waals surface area contributed by atoms with E-state index in [0.29, 0.717) is 22.0 Å². The van der Waals surface area contributed by atoms with Crippen LogP contribution >= 0.6 is 11.6 Å². The number of carboxylic acid groups (broad SMARTS) is 1. The Morgan fingerprint density at radius 1 is 0.947 bits per heavy atom. The molecule has 4 N–H and O–H groups in total. The number of hydrogen-bond donors (Lipinski definition) is 4. The summed E-state index contributed by atoms with van der Waals surface area (Å²) < 4.78 is 1.28. The van der Waals surface area contributed by atoms with E-state index in [2.05, 4.69) is 36.5 Å². The van der Waals surface area contributed by atoms with Crippen molar-refractivity contribution in [2.75, 3.05) is 10.6 Å². The van der Waals surface area contributed by atoms with Crippen molar-refractivity contribution in [1.82, 2.24) is 30.5 Å². The zero-order valence-corrected chi connectivity index (χ0v) is 20.2. The predicted octanol–water partition coefficient (Wildman–Crippen LogP) is 1.71. The molecule has 4 aromatic rings. The van der Waals surface area contributed by atoms with Crippen LogP contribution in [0.1, 0.15) is 15.9 Å². The highest BCUT2D eigenvalue weighted by molar-refractivity contribution is 6.40. The molecule has 0 aliphatic rings. The molecule has 38 heavy (non-hydrogen) atoms. The Morgan fingerprint density at radius 3 is 2.34 bits per heavy atom. The first-order valence-corrected chi connectivity index (χ1v) is 11.4. The predicted molar refractivity (Wildman–Crippen MR) is 135 cm³/mol. The Hall–Kier alpha value is -5.17. The summed E-state index contributed by atoms with van der Waals surface area (Å²) in [6.07, 6.45) is 4.41. The molecule has 3 amide bonds. The van der Waals surface area contributed by atoms with E-state index >= 15 is 0 Å². The lowest BCUT2D eigenvalue weighted by molar-refractivity contribution is -0.137. The summed E-state index contributed by atoms with van der Waals surface area (Å²) in [5.74, 6) is -3.87. The molecular formula is C24H19ClN8O5. The number of amides is 3. The highest BCUT2D eigenvalue weighted by Crippen LogP contribution is 2.23. The standard InChI is InChI=1S/C24H19ClN8O5/c25-16-3-6-20(33-13-27-31-32-33)18(12-16)29-22(35)23(36)30-19(11-14-7-9-26-10-8-14)21(34)28-17-4-1-15(2-5-17)24(37)38/h1-10,12-13,19H,11H2,(H,28,34)(H,29,35)(H,30,36)(H,37,38)/t19-/m0/s1. The molecule has 192 valence electrons. The lowest BCUT2D eigenvalue weighted by Crippen LogP contribution is -2.49. The van der Waals surface area contributed by atoms with Crippen molar-refractivity contribution in [2.24, 2.45) is 0 Å². The van der Waals surface area contributed by atoms with Crippen LogP contribution < -0.4 is 16.0 Å². The van der Waals surface area contributed by atoms with Gasteiger partial charge < -0.3 is 21.1 Å². The molecule has 2 aromatic carbocycles. The van der Waals surface area contributed by atoms with E-state index in [-0.39, 0.29) is 17.7 Å². The third-order valence-electron chi connectivity index (χ3n) is 5.22. The number of carbonyl (C=O) groups excluding carboxylic acids is 3. The zero-order chi connectivity index (χ0) is 27.1. The van der Waals surface area contributed by atoms with Gasteiger partial charge in [0, 0.05) is 29.5 Å². The molecule has 0 radical (unpaired) electrons. The Morgan fingerprint density at radius 2 is 1.68 bits per heavy atom. The third kappa shape index (κ3) is 6.53. The van der Waals surface area contributed by atoms with Crippen molar-refractivity contribution in [3.63, 3.8) is 0 Å². The molecule has 0 bridgehead atoms. The van der Waals surface area contributed by atoms with Crippen LogP contribution in [0.4, 0.5) is 11.4 Å². The van der Waals surface area contributed by atoms with Crippen molar-refractivity contribution >= 4 is 46.7 Å². The molecular weight excluding hydrogens is 516 g/mol. The van der Waals surface area contributed by atoms with Crippen molar-refractivity contribution < 1.29 is 24.3 Å². The maximum Gasteiger partial charge on any atom is 0.335 e. The SMILES string of the molecule is O=C(Nc1cc(Cl)ccc1-n1cnnn1)C(=O)N[C@@H](Cc1ccncc1)C(=O)Nc1ccc(C(=O)O)cc1. The van der Waals surface area contributed by atoms with Gasteiger partial charge in [0.05, 0.1) is 16.9 Å². The summed E-state index contributed by atoms with van der Waals surface area (Å²) in [5, 5.41) is 27.8. The van der Waals surface area contributed by atoms with Crippen LogP contribution in [-0.2, 0) is 20.8 Å². The fraction of sp³-hybridized carbons (Fsp3) is 0.0833. The number of carboxylic acids is 1. The van der Waals surface area contributed by atoms with Gasteiger partial charge in [0.1, 0.15) is 12.4 Å². The van der Waals surface area contributed by atoms with Gasteiger partial charge in [0.15, 0.2) is 0 Å².